The van der Waals surface area contributed by atoms with Crippen molar-refractivity contribution in [3.63, 3.8) is 0 Å². The van der Waals surface area contributed by atoms with Gasteiger partial charge in [-0.2, -0.15) is 15.0 Å². The van der Waals surface area contributed by atoms with Crippen LogP contribution in [0.1, 0.15) is 0 Å². The molecule has 0 aliphatic carbocycles. The Morgan fingerprint density at radius 2 is 1.36 bits per heavy atom. The van der Waals surface area contributed by atoms with Gasteiger partial charge in [-0.25, -0.2) is 0 Å². The minimum absolute atomic E-state index is 0. The Hall–Kier alpha value is -4.81. The van der Waals surface area contributed by atoms with E-state index in [0.717, 1.165) is 33.9 Å². The second kappa shape index (κ2) is 13.7. The Labute approximate surface area is 240 Å². The van der Waals surface area contributed by atoms with Crippen LogP contribution in [0, 0.1) is 6.07 Å². The zero-order valence-electron chi connectivity index (χ0n) is 20.6. The summed E-state index contributed by atoms with van der Waals surface area (Å²) in [5.41, 5.74) is 11.1. The van der Waals surface area contributed by atoms with Gasteiger partial charge in [0.25, 0.3) is 0 Å². The van der Waals surface area contributed by atoms with Crippen LogP contribution < -0.4 is 11.1 Å². The number of benzene rings is 2. The van der Waals surface area contributed by atoms with Crippen LogP contribution in [0.5, 0.6) is 0 Å². The summed E-state index contributed by atoms with van der Waals surface area (Å²) < 4.78 is 0. The van der Waals surface area contributed by atoms with E-state index >= 15 is 0 Å². The van der Waals surface area contributed by atoms with Crippen molar-refractivity contribution < 1.29 is 21.1 Å². The number of nitrogens with two attached hydrogens (primary N) is 1. The number of aromatic nitrogens is 6. The van der Waals surface area contributed by atoms with Crippen molar-refractivity contribution in [2.75, 3.05) is 11.1 Å². The number of rotatable bonds is 5. The van der Waals surface area contributed by atoms with Crippen molar-refractivity contribution in [3.8, 4) is 34.0 Å². The van der Waals surface area contributed by atoms with Crippen molar-refractivity contribution in [1.29, 1.82) is 0 Å². The SMILES string of the molecule is Nc1nc(Nc2ccccc2)nc(-c2ccncc2)n1.[Pt+2].[c-]1ccccc1-c1cccc(-c2ccccn2)n1. The molecular formula is C30H23N8Pt+. The third kappa shape index (κ3) is 7.60. The Morgan fingerprint density at radius 1 is 0.615 bits per heavy atom. The molecule has 0 aliphatic heterocycles. The monoisotopic (exact) mass is 690 g/mol. The van der Waals surface area contributed by atoms with Gasteiger partial charge in [-0.15, -0.1) is 35.9 Å². The molecule has 192 valence electrons. The molecule has 0 amide bonds. The molecule has 3 N–H and O–H groups in total. The Kier molecular flexibility index (Phi) is 9.53. The zero-order chi connectivity index (χ0) is 26.0. The van der Waals surface area contributed by atoms with Crippen LogP contribution in [0.25, 0.3) is 34.0 Å². The number of nitrogens with zero attached hydrogens (tertiary/aromatic N) is 6. The quantitative estimate of drug-likeness (QED) is 0.216. The van der Waals surface area contributed by atoms with E-state index in [1.807, 2.05) is 103 Å². The first kappa shape index (κ1) is 27.2. The summed E-state index contributed by atoms with van der Waals surface area (Å²) in [6.45, 7) is 0. The van der Waals surface area contributed by atoms with E-state index in [0.29, 0.717) is 11.8 Å². The summed E-state index contributed by atoms with van der Waals surface area (Å²) >= 11 is 0. The first-order valence-corrected chi connectivity index (χ1v) is 11.8. The molecule has 39 heavy (non-hydrogen) atoms. The van der Waals surface area contributed by atoms with Gasteiger partial charge >= 0.3 is 21.1 Å². The van der Waals surface area contributed by atoms with Crippen molar-refractivity contribution in [2.24, 2.45) is 0 Å². The van der Waals surface area contributed by atoms with Gasteiger partial charge in [-0.3, -0.25) is 15.0 Å². The fourth-order valence-electron chi connectivity index (χ4n) is 3.52. The number of anilines is 3. The molecule has 6 aromatic rings. The topological polar surface area (TPSA) is 115 Å². The third-order valence-electron chi connectivity index (χ3n) is 5.28. The Morgan fingerprint density at radius 3 is 2.10 bits per heavy atom. The van der Waals surface area contributed by atoms with Crippen LogP contribution in [-0.2, 0) is 21.1 Å². The fourth-order valence-corrected chi connectivity index (χ4v) is 3.52. The van der Waals surface area contributed by atoms with E-state index < -0.39 is 0 Å². The van der Waals surface area contributed by atoms with Gasteiger partial charge in [0.15, 0.2) is 5.82 Å². The van der Waals surface area contributed by atoms with E-state index in [4.69, 9.17) is 5.73 Å². The van der Waals surface area contributed by atoms with Crippen LogP contribution in [0.3, 0.4) is 0 Å². The van der Waals surface area contributed by atoms with Gasteiger partial charge in [-0.1, -0.05) is 36.4 Å². The molecule has 0 atom stereocenters. The molecule has 8 nitrogen and oxygen atoms in total. The van der Waals surface area contributed by atoms with E-state index in [-0.39, 0.29) is 27.0 Å². The van der Waals surface area contributed by atoms with E-state index in [1.165, 1.54) is 0 Å². The number of nitrogens with one attached hydrogen (secondary N) is 1. The largest absolute Gasteiger partial charge is 2.00 e. The molecule has 6 rings (SSSR count). The molecule has 0 radical (unpaired) electrons. The molecule has 0 bridgehead atoms. The van der Waals surface area contributed by atoms with Gasteiger partial charge in [-0.05, 0) is 48.2 Å². The molecule has 0 aliphatic rings. The number of hydrogen-bond donors (Lipinski definition) is 2. The molecule has 4 heterocycles. The summed E-state index contributed by atoms with van der Waals surface area (Å²) in [7, 11) is 0. The first-order valence-electron chi connectivity index (χ1n) is 11.8. The molecule has 0 fully saturated rings. The summed E-state index contributed by atoms with van der Waals surface area (Å²) in [5, 5.41) is 3.10. The van der Waals surface area contributed by atoms with Crippen LogP contribution in [0.4, 0.5) is 17.6 Å². The van der Waals surface area contributed by atoms with Crippen LogP contribution >= 0.6 is 0 Å². The average Bonchev–Trinajstić information content (AvgIpc) is 2.99. The Bertz CT molecular complexity index is 1530. The molecule has 9 heteroatoms. The average molecular weight is 691 g/mol. The summed E-state index contributed by atoms with van der Waals surface area (Å²) in [5.74, 6) is 1.10. The predicted octanol–water partition coefficient (Wildman–Crippen LogP) is 5.87. The standard InChI is InChI=1S/C16H11N2.C14H12N6.Pt/c1-2-7-13(8-3-1)14-10-6-11-16(18-14)15-9-4-5-12-17-15;15-13-18-12(10-6-8-16-9-7-10)19-14(20-13)17-11-4-2-1-3-5-11;/h1-7,9-12H;1-9H,(H3,15,17,18,19,20);/q-1;;+2. The number of nitrogen functional groups attached to an aromatic ring is 1. The van der Waals surface area contributed by atoms with Gasteiger partial charge in [0.2, 0.25) is 11.9 Å². The fraction of sp³-hybridized carbons (Fsp3) is 0. The van der Waals surface area contributed by atoms with E-state index in [1.54, 1.807) is 18.6 Å². The second-order valence-electron chi connectivity index (χ2n) is 7.97. The minimum Gasteiger partial charge on any atom is -0.368 e. The van der Waals surface area contributed by atoms with Crippen molar-refractivity contribution in [2.45, 2.75) is 0 Å². The van der Waals surface area contributed by atoms with Crippen LogP contribution in [0.2, 0.25) is 0 Å². The van der Waals surface area contributed by atoms with Crippen molar-refractivity contribution >= 4 is 17.6 Å². The summed E-state index contributed by atoms with van der Waals surface area (Å²) in [4.78, 5) is 25.5. The zero-order valence-corrected chi connectivity index (χ0v) is 22.9. The summed E-state index contributed by atoms with van der Waals surface area (Å²) in [6.07, 6.45) is 5.14. The maximum Gasteiger partial charge on any atom is 2.00 e. The maximum atomic E-state index is 5.73. The first-order chi connectivity index (χ1) is 18.7. The maximum absolute atomic E-state index is 5.73. The summed E-state index contributed by atoms with van der Waals surface area (Å²) in [6, 6.07) is 36.1. The molecular weight excluding hydrogens is 667 g/mol. The molecule has 2 aromatic carbocycles. The third-order valence-corrected chi connectivity index (χ3v) is 5.28. The van der Waals surface area contributed by atoms with Gasteiger partial charge in [0.05, 0.1) is 11.4 Å². The predicted molar refractivity (Wildman–Crippen MR) is 149 cm³/mol. The number of hydrogen-bond acceptors (Lipinski definition) is 8. The van der Waals surface area contributed by atoms with Gasteiger partial charge in [0.1, 0.15) is 0 Å². The normalized spacial score (nSPS) is 9.95. The molecule has 0 saturated heterocycles. The second-order valence-corrected chi connectivity index (χ2v) is 7.97. The molecule has 0 unspecified atom stereocenters. The smallest absolute Gasteiger partial charge is 0.368 e. The minimum atomic E-state index is 0. The van der Waals surface area contributed by atoms with Crippen LogP contribution in [0.15, 0.2) is 122 Å². The molecule has 0 saturated carbocycles. The van der Waals surface area contributed by atoms with E-state index in [9.17, 15) is 0 Å². The molecule has 0 spiro atoms. The van der Waals surface area contributed by atoms with Crippen molar-refractivity contribution in [1.82, 2.24) is 29.9 Å². The van der Waals surface area contributed by atoms with Gasteiger partial charge in [0, 0.05) is 29.8 Å². The number of para-hydroxylation sites is 1. The Balaban J connectivity index is 0.000000177. The van der Waals surface area contributed by atoms with E-state index in [2.05, 4.69) is 41.3 Å². The van der Waals surface area contributed by atoms with Gasteiger partial charge < -0.3 is 11.1 Å². The molecule has 4 aromatic heterocycles. The van der Waals surface area contributed by atoms with Crippen LogP contribution in [-0.4, -0.2) is 29.9 Å². The van der Waals surface area contributed by atoms with Crippen molar-refractivity contribution in [3.05, 3.63) is 128 Å². The number of pyridine rings is 3.